The first-order valence-electron chi connectivity index (χ1n) is 3.40. The van der Waals surface area contributed by atoms with Crippen LogP contribution in [0.15, 0.2) is 0 Å². The van der Waals surface area contributed by atoms with Gasteiger partial charge in [-0.1, -0.05) is 6.92 Å². The molecule has 2 N–H and O–H groups in total. The van der Waals surface area contributed by atoms with Crippen molar-refractivity contribution in [3.8, 4) is 0 Å². The Morgan fingerprint density at radius 3 is 2.08 bits per heavy atom. The lowest BCUT2D eigenvalue weighted by Gasteiger charge is -2.12. The molecule has 2 unspecified atom stereocenters. The van der Waals surface area contributed by atoms with E-state index in [1.807, 2.05) is 0 Å². The molecule has 0 aromatic rings. The lowest BCUT2D eigenvalue weighted by Crippen LogP contribution is -2.27. The maximum atomic E-state index is 10.4. The van der Waals surface area contributed by atoms with Gasteiger partial charge in [0.05, 0.1) is 11.8 Å². The first-order valence-corrected chi connectivity index (χ1v) is 3.40. The minimum atomic E-state index is -1.25. The maximum Gasteiger partial charge on any atom is 0.307 e. The van der Waals surface area contributed by atoms with Crippen LogP contribution >= 0.6 is 0 Å². The highest BCUT2D eigenvalue weighted by molar-refractivity contribution is 5.81. The third kappa shape index (κ3) is 2.69. The number of hydrogen-bond donors (Lipinski definition) is 2. The molecule has 0 amide bonds. The quantitative estimate of drug-likeness (QED) is 0.572. The van der Waals surface area contributed by atoms with Crippen LogP contribution in [-0.2, 0) is 14.4 Å². The molecule has 0 bridgehead atoms. The summed E-state index contributed by atoms with van der Waals surface area (Å²) in [6.07, 6.45) is 0.154. The van der Waals surface area contributed by atoms with Crippen molar-refractivity contribution in [2.24, 2.45) is 11.8 Å². The standard InChI is InChI=1S/C7H10O5/c1-4(6(9)10)5(2-3-8)7(11)12/h3-5H,2H2,1H3,(H,9,10)(H,11,12). The van der Waals surface area contributed by atoms with Gasteiger partial charge in [0, 0.05) is 6.42 Å². The number of carbonyl (C=O) groups is 3. The minimum absolute atomic E-state index is 0.261. The van der Waals surface area contributed by atoms with E-state index in [-0.39, 0.29) is 6.42 Å². The summed E-state index contributed by atoms with van der Waals surface area (Å²) in [4.78, 5) is 30.7. The number of hydrogen-bond acceptors (Lipinski definition) is 3. The van der Waals surface area contributed by atoms with Gasteiger partial charge < -0.3 is 15.0 Å². The molecular formula is C7H10O5. The molecule has 0 rings (SSSR count). The molecule has 0 aromatic heterocycles. The van der Waals surface area contributed by atoms with Crippen molar-refractivity contribution in [1.82, 2.24) is 0 Å². The molecule has 2 atom stereocenters. The Kier molecular flexibility index (Phi) is 3.96. The molecule has 0 saturated carbocycles. The van der Waals surface area contributed by atoms with E-state index in [4.69, 9.17) is 10.2 Å². The summed E-state index contributed by atoms with van der Waals surface area (Å²) in [6.45, 7) is 1.27. The third-order valence-corrected chi connectivity index (χ3v) is 1.66. The Balaban J connectivity index is 4.38. The average Bonchev–Trinajstić information content (AvgIpc) is 1.98. The second-order valence-electron chi connectivity index (χ2n) is 2.47. The Labute approximate surface area is 69.0 Å². The summed E-state index contributed by atoms with van der Waals surface area (Å²) in [5.74, 6) is -4.62. The topological polar surface area (TPSA) is 91.7 Å². The van der Waals surface area contributed by atoms with E-state index < -0.39 is 23.8 Å². The van der Waals surface area contributed by atoms with Crippen molar-refractivity contribution in [2.75, 3.05) is 0 Å². The Hall–Kier alpha value is -1.39. The van der Waals surface area contributed by atoms with Crippen LogP contribution < -0.4 is 0 Å². The molecule has 0 aromatic carbocycles. The van der Waals surface area contributed by atoms with Crippen LogP contribution in [0.3, 0.4) is 0 Å². The second kappa shape index (κ2) is 4.48. The number of carboxylic acid groups (broad SMARTS) is 2. The van der Waals surface area contributed by atoms with E-state index in [9.17, 15) is 14.4 Å². The summed E-state index contributed by atoms with van der Waals surface area (Å²) in [6, 6.07) is 0. The predicted molar refractivity (Wildman–Crippen MR) is 38.6 cm³/mol. The van der Waals surface area contributed by atoms with Crippen LogP contribution in [0.2, 0.25) is 0 Å². The highest BCUT2D eigenvalue weighted by atomic mass is 16.4. The minimum Gasteiger partial charge on any atom is -0.481 e. The van der Waals surface area contributed by atoms with Crippen molar-refractivity contribution in [3.63, 3.8) is 0 Å². The molecule has 0 aliphatic heterocycles. The largest absolute Gasteiger partial charge is 0.481 e. The summed E-state index contributed by atoms with van der Waals surface area (Å²) in [5, 5.41) is 17.0. The van der Waals surface area contributed by atoms with Gasteiger partial charge in [0.25, 0.3) is 0 Å². The first kappa shape index (κ1) is 10.6. The fourth-order valence-electron chi connectivity index (χ4n) is 0.795. The normalized spacial score (nSPS) is 14.8. The molecule has 0 radical (unpaired) electrons. The van der Waals surface area contributed by atoms with Gasteiger partial charge in [0.1, 0.15) is 6.29 Å². The van der Waals surface area contributed by atoms with Crippen molar-refractivity contribution in [2.45, 2.75) is 13.3 Å². The van der Waals surface area contributed by atoms with Crippen LogP contribution in [0.25, 0.3) is 0 Å². The van der Waals surface area contributed by atoms with Crippen LogP contribution in [0, 0.1) is 11.8 Å². The lowest BCUT2D eigenvalue weighted by molar-refractivity contribution is -0.153. The molecule has 68 valence electrons. The van der Waals surface area contributed by atoms with Crippen LogP contribution in [0.4, 0.5) is 0 Å². The zero-order valence-electron chi connectivity index (χ0n) is 6.56. The van der Waals surface area contributed by atoms with Gasteiger partial charge in [-0.2, -0.15) is 0 Å². The molecule has 0 aliphatic carbocycles. The van der Waals surface area contributed by atoms with Crippen LogP contribution in [0.1, 0.15) is 13.3 Å². The molecule has 0 saturated heterocycles. The van der Waals surface area contributed by atoms with Gasteiger partial charge in [0.2, 0.25) is 0 Å². The molecular weight excluding hydrogens is 164 g/mol. The molecule has 5 nitrogen and oxygen atoms in total. The third-order valence-electron chi connectivity index (χ3n) is 1.66. The number of rotatable bonds is 5. The van der Waals surface area contributed by atoms with Crippen LogP contribution in [-0.4, -0.2) is 28.4 Å². The van der Waals surface area contributed by atoms with Gasteiger partial charge in [-0.3, -0.25) is 9.59 Å². The Morgan fingerprint density at radius 2 is 1.83 bits per heavy atom. The van der Waals surface area contributed by atoms with E-state index in [2.05, 4.69) is 0 Å². The monoisotopic (exact) mass is 174 g/mol. The Morgan fingerprint density at radius 1 is 1.33 bits per heavy atom. The van der Waals surface area contributed by atoms with Crippen molar-refractivity contribution in [1.29, 1.82) is 0 Å². The highest BCUT2D eigenvalue weighted by Crippen LogP contribution is 2.14. The Bertz CT molecular complexity index is 198. The van der Waals surface area contributed by atoms with Gasteiger partial charge in [-0.05, 0) is 0 Å². The number of aldehydes is 1. The number of carboxylic acids is 2. The smallest absolute Gasteiger partial charge is 0.307 e. The molecule has 12 heavy (non-hydrogen) atoms. The summed E-state index contributed by atoms with van der Waals surface area (Å²) in [7, 11) is 0. The molecule has 0 fully saturated rings. The fourth-order valence-corrected chi connectivity index (χ4v) is 0.795. The molecule has 0 heterocycles. The zero-order chi connectivity index (χ0) is 9.72. The summed E-state index contributed by atoms with van der Waals surface area (Å²) < 4.78 is 0. The van der Waals surface area contributed by atoms with Gasteiger partial charge in [-0.25, -0.2) is 0 Å². The van der Waals surface area contributed by atoms with Crippen LogP contribution in [0.5, 0.6) is 0 Å². The predicted octanol–water partition coefficient (Wildman–Crippen LogP) is -0.00310. The van der Waals surface area contributed by atoms with E-state index in [0.717, 1.165) is 0 Å². The van der Waals surface area contributed by atoms with E-state index in [1.54, 1.807) is 0 Å². The van der Waals surface area contributed by atoms with Crippen molar-refractivity contribution < 1.29 is 24.6 Å². The average molecular weight is 174 g/mol. The van der Waals surface area contributed by atoms with E-state index >= 15 is 0 Å². The first-order chi connectivity index (χ1) is 5.50. The summed E-state index contributed by atoms with van der Waals surface area (Å²) in [5.41, 5.74) is 0. The van der Waals surface area contributed by atoms with Gasteiger partial charge in [-0.15, -0.1) is 0 Å². The van der Waals surface area contributed by atoms with Gasteiger partial charge in [0.15, 0.2) is 0 Å². The van der Waals surface area contributed by atoms with Gasteiger partial charge >= 0.3 is 11.9 Å². The van der Waals surface area contributed by atoms with E-state index in [0.29, 0.717) is 6.29 Å². The summed E-state index contributed by atoms with van der Waals surface area (Å²) >= 11 is 0. The maximum absolute atomic E-state index is 10.4. The lowest BCUT2D eigenvalue weighted by atomic mass is 9.92. The van der Waals surface area contributed by atoms with Crippen molar-refractivity contribution in [3.05, 3.63) is 0 Å². The molecule has 0 spiro atoms. The van der Waals surface area contributed by atoms with Crippen molar-refractivity contribution >= 4 is 18.2 Å². The fraction of sp³-hybridized carbons (Fsp3) is 0.571. The zero-order valence-corrected chi connectivity index (χ0v) is 6.56. The number of aliphatic carboxylic acids is 2. The molecule has 0 aliphatic rings. The second-order valence-corrected chi connectivity index (χ2v) is 2.47. The molecule has 5 heteroatoms. The number of carbonyl (C=O) groups excluding carboxylic acids is 1. The highest BCUT2D eigenvalue weighted by Gasteiger charge is 2.29. The van der Waals surface area contributed by atoms with E-state index in [1.165, 1.54) is 6.92 Å². The SMILES string of the molecule is CC(C(=O)O)C(CC=O)C(=O)O.